The van der Waals surface area contributed by atoms with Crippen LogP contribution in [-0.2, 0) is 0 Å². The molecular formula is C30H19Cl. The van der Waals surface area contributed by atoms with Crippen LogP contribution in [0.15, 0.2) is 115 Å². The fraction of sp³-hybridized carbons (Fsp3) is 0. The highest BCUT2D eigenvalue weighted by Crippen LogP contribution is 2.43. The monoisotopic (exact) mass is 414 g/mol. The van der Waals surface area contributed by atoms with Crippen LogP contribution in [0.2, 0.25) is 5.02 Å². The van der Waals surface area contributed by atoms with Gasteiger partial charge in [0.15, 0.2) is 0 Å². The Labute approximate surface area is 186 Å². The quantitative estimate of drug-likeness (QED) is 0.248. The smallest absolute Gasteiger partial charge is 0.0412 e. The molecule has 31 heavy (non-hydrogen) atoms. The van der Waals surface area contributed by atoms with Gasteiger partial charge in [0.1, 0.15) is 0 Å². The highest BCUT2D eigenvalue weighted by Gasteiger charge is 2.15. The van der Waals surface area contributed by atoms with Gasteiger partial charge in [-0.05, 0) is 66.7 Å². The molecule has 0 saturated carbocycles. The number of hydrogen-bond acceptors (Lipinski definition) is 0. The molecule has 0 saturated heterocycles. The van der Waals surface area contributed by atoms with Gasteiger partial charge in [0.05, 0.1) is 0 Å². The lowest BCUT2D eigenvalue weighted by Gasteiger charge is -2.17. The Morgan fingerprint density at radius 3 is 1.61 bits per heavy atom. The van der Waals surface area contributed by atoms with E-state index in [-0.39, 0.29) is 0 Å². The minimum Gasteiger partial charge on any atom is -0.0843 e. The highest BCUT2D eigenvalue weighted by atomic mass is 35.5. The van der Waals surface area contributed by atoms with Crippen molar-refractivity contribution in [3.05, 3.63) is 120 Å². The average Bonchev–Trinajstić information content (AvgIpc) is 2.84. The molecule has 0 nitrogen and oxygen atoms in total. The van der Waals surface area contributed by atoms with Gasteiger partial charge in [-0.1, -0.05) is 115 Å². The Hall–Kier alpha value is -3.61. The third-order valence-corrected chi connectivity index (χ3v) is 6.36. The summed E-state index contributed by atoms with van der Waals surface area (Å²) in [6, 6.07) is 40.8. The molecule has 0 heterocycles. The molecule has 0 bridgehead atoms. The van der Waals surface area contributed by atoms with E-state index in [4.69, 9.17) is 11.6 Å². The summed E-state index contributed by atoms with van der Waals surface area (Å²) >= 11 is 6.45. The number of rotatable bonds is 2. The number of hydrogen-bond donors (Lipinski definition) is 0. The van der Waals surface area contributed by atoms with Crippen molar-refractivity contribution in [2.45, 2.75) is 0 Å². The summed E-state index contributed by atoms with van der Waals surface area (Å²) in [6.07, 6.45) is 0. The maximum Gasteiger partial charge on any atom is 0.0412 e. The summed E-state index contributed by atoms with van der Waals surface area (Å²) in [5.74, 6) is 0. The van der Waals surface area contributed by atoms with Gasteiger partial charge >= 0.3 is 0 Å². The van der Waals surface area contributed by atoms with Crippen LogP contribution >= 0.6 is 11.6 Å². The van der Waals surface area contributed by atoms with E-state index in [0.29, 0.717) is 0 Å². The second-order valence-electron chi connectivity index (χ2n) is 7.88. The van der Waals surface area contributed by atoms with Crippen molar-refractivity contribution in [1.82, 2.24) is 0 Å². The Morgan fingerprint density at radius 1 is 0.387 bits per heavy atom. The van der Waals surface area contributed by atoms with Crippen LogP contribution in [0.25, 0.3) is 54.6 Å². The van der Waals surface area contributed by atoms with Gasteiger partial charge in [0.25, 0.3) is 0 Å². The van der Waals surface area contributed by atoms with Crippen LogP contribution in [0.5, 0.6) is 0 Å². The Bertz CT molecular complexity index is 1530. The zero-order chi connectivity index (χ0) is 20.8. The largest absolute Gasteiger partial charge is 0.0843 e. The molecule has 0 amide bonds. The summed E-state index contributed by atoms with van der Waals surface area (Å²) in [5.41, 5.74) is 4.75. The third-order valence-electron chi connectivity index (χ3n) is 6.12. The maximum absolute atomic E-state index is 6.45. The molecule has 0 atom stereocenters. The molecule has 1 heteroatoms. The van der Waals surface area contributed by atoms with Crippen molar-refractivity contribution in [2.75, 3.05) is 0 Å². The van der Waals surface area contributed by atoms with E-state index in [0.717, 1.165) is 10.6 Å². The molecule has 0 aliphatic carbocycles. The van der Waals surface area contributed by atoms with Gasteiger partial charge in [-0.3, -0.25) is 0 Å². The van der Waals surface area contributed by atoms with E-state index in [2.05, 4.69) is 103 Å². The lowest BCUT2D eigenvalue weighted by molar-refractivity contribution is 1.60. The van der Waals surface area contributed by atoms with E-state index < -0.39 is 0 Å². The zero-order valence-electron chi connectivity index (χ0n) is 16.8. The second-order valence-corrected chi connectivity index (χ2v) is 8.31. The predicted octanol–water partition coefficient (Wildman–Crippen LogP) is 9.13. The Balaban J connectivity index is 1.80. The van der Waals surface area contributed by atoms with Crippen LogP contribution in [0.3, 0.4) is 0 Å². The molecule has 0 spiro atoms. The van der Waals surface area contributed by atoms with Gasteiger partial charge in [0.2, 0.25) is 0 Å². The normalized spacial score (nSPS) is 11.4. The fourth-order valence-electron chi connectivity index (χ4n) is 4.79. The lowest BCUT2D eigenvalue weighted by atomic mass is 9.87. The molecule has 0 aliphatic rings. The van der Waals surface area contributed by atoms with E-state index in [9.17, 15) is 0 Å². The first-order valence-corrected chi connectivity index (χ1v) is 10.9. The molecule has 6 aromatic rings. The van der Waals surface area contributed by atoms with Gasteiger partial charge < -0.3 is 0 Å². The summed E-state index contributed by atoms with van der Waals surface area (Å²) < 4.78 is 0. The van der Waals surface area contributed by atoms with Crippen LogP contribution in [-0.4, -0.2) is 0 Å². The molecule has 6 aromatic carbocycles. The highest BCUT2D eigenvalue weighted by molar-refractivity contribution is 6.31. The molecular weight excluding hydrogens is 396 g/mol. The van der Waals surface area contributed by atoms with Crippen LogP contribution in [0.1, 0.15) is 0 Å². The first-order chi connectivity index (χ1) is 15.3. The van der Waals surface area contributed by atoms with Crippen molar-refractivity contribution in [1.29, 1.82) is 0 Å². The topological polar surface area (TPSA) is 0 Å². The summed E-state index contributed by atoms with van der Waals surface area (Å²) in [5, 5.41) is 8.46. The Morgan fingerprint density at radius 2 is 0.935 bits per heavy atom. The van der Waals surface area contributed by atoms with Crippen molar-refractivity contribution >= 4 is 43.9 Å². The zero-order valence-corrected chi connectivity index (χ0v) is 17.6. The molecule has 0 aromatic heterocycles. The number of benzene rings is 6. The van der Waals surface area contributed by atoms with Gasteiger partial charge in [0, 0.05) is 5.02 Å². The van der Waals surface area contributed by atoms with Crippen molar-refractivity contribution in [3.8, 4) is 22.3 Å². The molecule has 0 N–H and O–H groups in total. The first-order valence-electron chi connectivity index (χ1n) is 10.5. The summed E-state index contributed by atoms with van der Waals surface area (Å²) in [6.45, 7) is 0. The molecule has 146 valence electrons. The van der Waals surface area contributed by atoms with Crippen LogP contribution in [0.4, 0.5) is 0 Å². The van der Waals surface area contributed by atoms with E-state index in [1.54, 1.807) is 0 Å². The minimum atomic E-state index is 0.748. The Kier molecular flexibility index (Phi) is 4.26. The minimum absolute atomic E-state index is 0.748. The number of halogens is 1. The second kappa shape index (κ2) is 7.27. The molecule has 0 aliphatic heterocycles. The van der Waals surface area contributed by atoms with Crippen molar-refractivity contribution < 1.29 is 0 Å². The standard InChI is InChI=1S/C30H19Cl/c31-21-17-18-25(29(19-21)20-9-2-1-3-10-20)28-16-8-15-27-24-12-5-4-11-22(24)23-13-6-7-14-26(23)30(27)28/h1-19H. The molecule has 0 unspecified atom stereocenters. The van der Waals surface area contributed by atoms with Gasteiger partial charge in [-0.25, -0.2) is 0 Å². The summed E-state index contributed by atoms with van der Waals surface area (Å²) in [7, 11) is 0. The van der Waals surface area contributed by atoms with Crippen LogP contribution in [0, 0.1) is 0 Å². The molecule has 0 fully saturated rings. The SMILES string of the molecule is Clc1ccc(-c2cccc3c4ccccc4c4ccccc4c23)c(-c2ccccc2)c1. The fourth-order valence-corrected chi connectivity index (χ4v) is 4.96. The van der Waals surface area contributed by atoms with E-state index in [1.807, 2.05) is 12.1 Å². The van der Waals surface area contributed by atoms with E-state index in [1.165, 1.54) is 49.0 Å². The lowest BCUT2D eigenvalue weighted by Crippen LogP contribution is -1.90. The van der Waals surface area contributed by atoms with Crippen molar-refractivity contribution in [2.24, 2.45) is 0 Å². The summed E-state index contributed by atoms with van der Waals surface area (Å²) in [4.78, 5) is 0. The van der Waals surface area contributed by atoms with Gasteiger partial charge in [-0.15, -0.1) is 0 Å². The number of fused-ring (bicyclic) bond motifs is 6. The third kappa shape index (κ3) is 2.91. The average molecular weight is 415 g/mol. The van der Waals surface area contributed by atoms with Crippen molar-refractivity contribution in [3.63, 3.8) is 0 Å². The van der Waals surface area contributed by atoms with Gasteiger partial charge in [-0.2, -0.15) is 0 Å². The molecule has 6 rings (SSSR count). The molecule has 0 radical (unpaired) electrons. The maximum atomic E-state index is 6.45. The van der Waals surface area contributed by atoms with Crippen LogP contribution < -0.4 is 0 Å². The first kappa shape index (κ1) is 18.2. The predicted molar refractivity (Wildman–Crippen MR) is 135 cm³/mol. The van der Waals surface area contributed by atoms with E-state index >= 15 is 0 Å².